The van der Waals surface area contributed by atoms with Gasteiger partial charge in [0.25, 0.3) is 0 Å². The summed E-state index contributed by atoms with van der Waals surface area (Å²) in [7, 11) is 1.18. The molecule has 0 spiro atoms. The first kappa shape index (κ1) is 31.6. The molecule has 4 rings (SSSR count). The van der Waals surface area contributed by atoms with E-state index in [1.54, 1.807) is 35.2 Å². The maximum atomic E-state index is 14.1. The van der Waals surface area contributed by atoms with Gasteiger partial charge in [-0.05, 0) is 68.7 Å². The molecule has 228 valence electrons. The first-order valence-corrected chi connectivity index (χ1v) is 14.1. The van der Waals surface area contributed by atoms with Crippen LogP contribution in [0.25, 0.3) is 0 Å². The van der Waals surface area contributed by atoms with Crippen molar-refractivity contribution in [1.82, 2.24) is 0 Å². The third-order valence-electron chi connectivity index (χ3n) is 7.30. The largest absolute Gasteiger partial charge is 0.465 e. The van der Waals surface area contributed by atoms with Crippen LogP contribution in [0.4, 0.5) is 18.9 Å². The summed E-state index contributed by atoms with van der Waals surface area (Å²) in [5.41, 5.74) is -0.533. The number of halogens is 3. The summed E-state index contributed by atoms with van der Waals surface area (Å²) in [5, 5.41) is 0. The summed E-state index contributed by atoms with van der Waals surface area (Å²) < 4.78 is 58.0. The number of amides is 1. The van der Waals surface area contributed by atoms with Gasteiger partial charge in [-0.2, -0.15) is 13.2 Å². The molecule has 1 fully saturated rings. The van der Waals surface area contributed by atoms with Crippen molar-refractivity contribution < 1.29 is 41.8 Å². The molecule has 1 aliphatic carbocycles. The van der Waals surface area contributed by atoms with Crippen molar-refractivity contribution in [3.8, 4) is 11.5 Å². The standard InChI is InChI=1S/C33H34F3NO6/c1-21(2)37(30(38)23-12-8-5-9-13-23)28-16-15-25(19-26(28)32(40)41-3)43-29-17-14-24(18-27(29)33(34,35)36)31(39)42-20-22-10-6-4-7-11-22/h4,6-7,10-11,14-19,21,23H,5,8-9,12-13,20H2,1-3H3. The monoisotopic (exact) mass is 597 g/mol. The highest BCUT2D eigenvalue weighted by atomic mass is 19.4. The number of anilines is 1. The number of carbonyl (C=O) groups excluding carboxylic acids is 3. The van der Waals surface area contributed by atoms with Crippen molar-refractivity contribution in [2.75, 3.05) is 12.0 Å². The molecule has 0 unspecified atom stereocenters. The number of esters is 2. The van der Waals surface area contributed by atoms with Crippen molar-refractivity contribution in [3.63, 3.8) is 0 Å². The van der Waals surface area contributed by atoms with Gasteiger partial charge in [0, 0.05) is 12.0 Å². The van der Waals surface area contributed by atoms with Gasteiger partial charge in [-0.3, -0.25) is 4.79 Å². The Morgan fingerprint density at radius 2 is 1.60 bits per heavy atom. The number of nitrogens with zero attached hydrogens (tertiary/aromatic N) is 1. The molecule has 1 amide bonds. The molecule has 0 radical (unpaired) electrons. The Morgan fingerprint density at radius 1 is 0.907 bits per heavy atom. The zero-order chi connectivity index (χ0) is 31.1. The maximum absolute atomic E-state index is 14.1. The van der Waals surface area contributed by atoms with Crippen LogP contribution in [0.2, 0.25) is 0 Å². The van der Waals surface area contributed by atoms with E-state index in [1.807, 2.05) is 13.8 Å². The molecule has 43 heavy (non-hydrogen) atoms. The van der Waals surface area contributed by atoms with E-state index in [2.05, 4.69) is 0 Å². The lowest BCUT2D eigenvalue weighted by molar-refractivity contribution is -0.138. The molecule has 0 heterocycles. The zero-order valence-corrected chi connectivity index (χ0v) is 24.3. The molecule has 10 heteroatoms. The van der Waals surface area contributed by atoms with E-state index in [1.165, 1.54) is 31.4 Å². The molecule has 0 saturated heterocycles. The minimum Gasteiger partial charge on any atom is -0.465 e. The van der Waals surface area contributed by atoms with Crippen molar-refractivity contribution in [2.24, 2.45) is 5.92 Å². The summed E-state index contributed by atoms with van der Waals surface area (Å²) >= 11 is 0. The van der Waals surface area contributed by atoms with Crippen LogP contribution in [0.1, 0.15) is 77.8 Å². The van der Waals surface area contributed by atoms with Crippen molar-refractivity contribution in [3.05, 3.63) is 89.0 Å². The highest BCUT2D eigenvalue weighted by molar-refractivity contribution is 6.04. The second-order valence-electron chi connectivity index (χ2n) is 10.7. The average Bonchev–Trinajstić information content (AvgIpc) is 3.00. The van der Waals surface area contributed by atoms with E-state index in [0.29, 0.717) is 11.6 Å². The van der Waals surface area contributed by atoms with Crippen LogP contribution in [-0.2, 0) is 27.1 Å². The molecule has 1 aliphatic rings. The first-order chi connectivity index (χ1) is 20.5. The molecule has 0 bridgehead atoms. The molecule has 0 atom stereocenters. The summed E-state index contributed by atoms with van der Waals surface area (Å²) in [6.45, 7) is 3.56. The predicted octanol–water partition coefficient (Wildman–Crippen LogP) is 7.96. The Morgan fingerprint density at radius 3 is 2.23 bits per heavy atom. The average molecular weight is 598 g/mol. The van der Waals surface area contributed by atoms with Gasteiger partial charge in [-0.1, -0.05) is 49.6 Å². The number of methoxy groups -OCH3 is 1. The third kappa shape index (κ3) is 7.74. The van der Waals surface area contributed by atoms with Crippen molar-refractivity contribution >= 4 is 23.5 Å². The maximum Gasteiger partial charge on any atom is 0.420 e. The number of carbonyl (C=O) groups is 3. The molecule has 0 N–H and O–H groups in total. The lowest BCUT2D eigenvalue weighted by atomic mass is 9.87. The topological polar surface area (TPSA) is 82.1 Å². The number of hydrogen-bond donors (Lipinski definition) is 0. The fourth-order valence-corrected chi connectivity index (χ4v) is 5.16. The van der Waals surface area contributed by atoms with Gasteiger partial charge >= 0.3 is 18.1 Å². The minimum atomic E-state index is -4.86. The van der Waals surface area contributed by atoms with E-state index in [-0.39, 0.29) is 47.0 Å². The van der Waals surface area contributed by atoms with Gasteiger partial charge in [0.15, 0.2) is 0 Å². The lowest BCUT2D eigenvalue weighted by Crippen LogP contribution is -2.42. The normalized spacial score (nSPS) is 13.8. The highest BCUT2D eigenvalue weighted by Gasteiger charge is 2.36. The molecule has 0 aliphatic heterocycles. The fourth-order valence-electron chi connectivity index (χ4n) is 5.16. The van der Waals surface area contributed by atoms with E-state index in [0.717, 1.165) is 38.2 Å². The number of rotatable bonds is 9. The zero-order valence-electron chi connectivity index (χ0n) is 24.3. The van der Waals surface area contributed by atoms with Gasteiger partial charge < -0.3 is 19.1 Å². The van der Waals surface area contributed by atoms with Crippen LogP contribution in [0.15, 0.2) is 66.7 Å². The van der Waals surface area contributed by atoms with Crippen LogP contribution in [-0.4, -0.2) is 31.0 Å². The third-order valence-corrected chi connectivity index (χ3v) is 7.30. The molecule has 7 nitrogen and oxygen atoms in total. The molecule has 3 aromatic carbocycles. The molecule has 0 aromatic heterocycles. The minimum absolute atomic E-state index is 0.0208. The summed E-state index contributed by atoms with van der Waals surface area (Å²) in [6, 6.07) is 15.5. The van der Waals surface area contributed by atoms with Crippen LogP contribution < -0.4 is 9.64 Å². The summed E-state index contributed by atoms with van der Waals surface area (Å²) in [4.78, 5) is 40.4. The quantitative estimate of drug-likeness (QED) is 0.233. The molecule has 3 aromatic rings. The van der Waals surface area contributed by atoms with Gasteiger partial charge in [0.1, 0.15) is 18.1 Å². The number of hydrogen-bond acceptors (Lipinski definition) is 6. The van der Waals surface area contributed by atoms with Crippen LogP contribution >= 0.6 is 0 Å². The van der Waals surface area contributed by atoms with Gasteiger partial charge in [0.2, 0.25) is 5.91 Å². The van der Waals surface area contributed by atoms with Gasteiger partial charge in [-0.15, -0.1) is 0 Å². The Balaban J connectivity index is 1.63. The van der Waals surface area contributed by atoms with Crippen LogP contribution in [0, 0.1) is 5.92 Å². The molecular weight excluding hydrogens is 563 g/mol. The van der Waals surface area contributed by atoms with Crippen LogP contribution in [0.3, 0.4) is 0 Å². The Hall–Kier alpha value is -4.34. The number of benzene rings is 3. The van der Waals surface area contributed by atoms with Gasteiger partial charge in [0.05, 0.1) is 29.5 Å². The predicted molar refractivity (Wildman–Crippen MR) is 154 cm³/mol. The first-order valence-electron chi connectivity index (χ1n) is 14.1. The van der Waals surface area contributed by atoms with Crippen molar-refractivity contribution in [1.29, 1.82) is 0 Å². The number of ether oxygens (including phenoxy) is 3. The highest BCUT2D eigenvalue weighted by Crippen LogP contribution is 2.40. The van der Waals surface area contributed by atoms with E-state index in [9.17, 15) is 27.6 Å². The molecular formula is C33H34F3NO6. The SMILES string of the molecule is COC(=O)c1cc(Oc2ccc(C(=O)OCc3ccccc3)cc2C(F)(F)F)ccc1N(C(=O)C1CCCCC1)C(C)C. The Kier molecular flexibility index (Phi) is 10.1. The summed E-state index contributed by atoms with van der Waals surface area (Å²) in [6.07, 6.45) is -0.383. The van der Waals surface area contributed by atoms with E-state index < -0.39 is 29.4 Å². The van der Waals surface area contributed by atoms with Crippen LogP contribution in [0.5, 0.6) is 11.5 Å². The second kappa shape index (κ2) is 13.8. The van der Waals surface area contributed by atoms with Crippen molar-refractivity contribution in [2.45, 2.75) is 64.8 Å². The van der Waals surface area contributed by atoms with Gasteiger partial charge in [-0.25, -0.2) is 9.59 Å². The van der Waals surface area contributed by atoms with E-state index in [4.69, 9.17) is 14.2 Å². The van der Waals surface area contributed by atoms with E-state index >= 15 is 0 Å². The second-order valence-corrected chi connectivity index (χ2v) is 10.7. The lowest BCUT2D eigenvalue weighted by Gasteiger charge is -2.33. The number of alkyl halides is 3. The Bertz CT molecular complexity index is 1450. The molecule has 1 saturated carbocycles. The smallest absolute Gasteiger partial charge is 0.420 e. The summed E-state index contributed by atoms with van der Waals surface area (Å²) in [5.74, 6) is -2.63. The Labute approximate surface area is 248 Å². The fraction of sp³-hybridized carbons (Fsp3) is 0.364.